The average Bonchev–Trinajstić information content (AvgIpc) is 3.59. The Bertz CT molecular complexity index is 1460. The number of carboxylic acids is 1. The Morgan fingerprint density at radius 2 is 1.80 bits per heavy atom. The normalized spacial score (nSPS) is 23.3. The fraction of sp³-hybridized carbons (Fsp3) is 0.579. The zero-order chi connectivity index (χ0) is 32.4. The van der Waals surface area contributed by atoms with Gasteiger partial charge in [0.05, 0.1) is 11.8 Å². The van der Waals surface area contributed by atoms with Crippen molar-refractivity contribution in [2.45, 2.75) is 102 Å². The van der Waals surface area contributed by atoms with Crippen molar-refractivity contribution >= 4 is 5.97 Å². The van der Waals surface area contributed by atoms with Gasteiger partial charge in [0.15, 0.2) is 0 Å². The zero-order valence-electron chi connectivity index (χ0n) is 27.9. The minimum absolute atomic E-state index is 0.0115. The molecule has 1 saturated heterocycles. The number of ether oxygens (including phenoxy) is 1. The molecule has 0 spiro atoms. The van der Waals surface area contributed by atoms with Crippen molar-refractivity contribution in [3.63, 3.8) is 0 Å². The zero-order valence-corrected chi connectivity index (χ0v) is 27.9. The first-order valence-electron chi connectivity index (χ1n) is 17.4. The summed E-state index contributed by atoms with van der Waals surface area (Å²) in [5.41, 5.74) is 4.76. The van der Waals surface area contributed by atoms with E-state index in [-0.39, 0.29) is 23.7 Å². The highest BCUT2D eigenvalue weighted by Gasteiger charge is 2.42. The maximum Gasteiger partial charge on any atom is 0.321 e. The van der Waals surface area contributed by atoms with E-state index in [1.165, 1.54) is 30.2 Å². The van der Waals surface area contributed by atoms with Crippen LogP contribution in [0.2, 0.25) is 0 Å². The highest BCUT2D eigenvalue weighted by atomic mass is 19.1. The fourth-order valence-electron chi connectivity index (χ4n) is 8.10. The number of aromatic nitrogens is 2. The summed E-state index contributed by atoms with van der Waals surface area (Å²) in [6.07, 6.45) is 7.52. The quantitative estimate of drug-likeness (QED) is 0.220. The van der Waals surface area contributed by atoms with E-state index in [2.05, 4.69) is 51.7 Å². The third-order valence-corrected chi connectivity index (χ3v) is 10.6. The van der Waals surface area contributed by atoms with Gasteiger partial charge in [-0.1, -0.05) is 38.1 Å². The van der Waals surface area contributed by atoms with Crippen LogP contribution in [0.3, 0.4) is 0 Å². The van der Waals surface area contributed by atoms with Crippen LogP contribution in [-0.4, -0.2) is 75.5 Å². The van der Waals surface area contributed by atoms with E-state index >= 15 is 0 Å². The summed E-state index contributed by atoms with van der Waals surface area (Å²) in [5.74, 6) is 1.04. The predicted octanol–water partition coefficient (Wildman–Crippen LogP) is 6.96. The van der Waals surface area contributed by atoms with Crippen LogP contribution < -0.4 is 4.74 Å². The topological polar surface area (TPSA) is 70.8 Å². The second-order valence-electron chi connectivity index (χ2n) is 14.3. The lowest BCUT2D eigenvalue weighted by Crippen LogP contribution is -2.47. The molecule has 2 heterocycles. The van der Waals surface area contributed by atoms with E-state index in [4.69, 9.17) is 9.84 Å². The standard InChI is InChI=1S/C38H51FN4O3/c1-5-43-36(22-31(40-43)19-26-9-11-33(12-10-26)46-34-13-14-34)27-15-17-42(18-16-27)24-29-21-32(41(4)37(25(2)3)38(44)45)23-35(29)28-7-6-8-30(39)20-28/h6-12,20,22,25,27,29,32,34-35,37H,5,13-19,21,23-24H2,1-4H3,(H,44,45)/t29-,32+,35-,37-/m1/s1. The molecule has 1 aliphatic heterocycles. The summed E-state index contributed by atoms with van der Waals surface area (Å²) in [4.78, 5) is 16.8. The van der Waals surface area contributed by atoms with Crippen LogP contribution >= 0.6 is 0 Å². The van der Waals surface area contributed by atoms with Crippen LogP contribution in [0.15, 0.2) is 54.6 Å². The van der Waals surface area contributed by atoms with Crippen molar-refractivity contribution in [3.05, 3.63) is 82.9 Å². The summed E-state index contributed by atoms with van der Waals surface area (Å²) >= 11 is 0. The number of piperidine rings is 1. The molecule has 3 fully saturated rings. The van der Waals surface area contributed by atoms with Crippen molar-refractivity contribution in [2.75, 3.05) is 26.7 Å². The van der Waals surface area contributed by atoms with Gasteiger partial charge in [0, 0.05) is 37.2 Å². The van der Waals surface area contributed by atoms with Crippen molar-refractivity contribution in [3.8, 4) is 5.75 Å². The van der Waals surface area contributed by atoms with Gasteiger partial charge in [0.1, 0.15) is 17.6 Å². The summed E-state index contributed by atoms with van der Waals surface area (Å²) in [5, 5.41) is 15.0. The summed E-state index contributed by atoms with van der Waals surface area (Å²) < 4.78 is 22.5. The minimum Gasteiger partial charge on any atom is -0.490 e. The lowest BCUT2D eigenvalue weighted by molar-refractivity contribution is -0.145. The first-order valence-corrected chi connectivity index (χ1v) is 17.4. The molecule has 6 rings (SSSR count). The lowest BCUT2D eigenvalue weighted by atomic mass is 9.87. The Labute approximate surface area is 273 Å². The molecule has 2 aliphatic carbocycles. The number of carboxylic acid groups (broad SMARTS) is 1. The number of carbonyl (C=O) groups is 1. The van der Waals surface area contributed by atoms with E-state index in [0.717, 1.165) is 75.3 Å². The molecule has 0 bridgehead atoms. The van der Waals surface area contributed by atoms with Crippen LogP contribution in [0.4, 0.5) is 4.39 Å². The van der Waals surface area contributed by atoms with E-state index in [0.29, 0.717) is 17.9 Å². The van der Waals surface area contributed by atoms with E-state index in [1.54, 1.807) is 6.07 Å². The molecular formula is C38H51FN4O3. The van der Waals surface area contributed by atoms with E-state index < -0.39 is 12.0 Å². The van der Waals surface area contributed by atoms with Gasteiger partial charge < -0.3 is 14.7 Å². The number of aliphatic carboxylic acids is 1. The highest BCUT2D eigenvalue weighted by Crippen LogP contribution is 2.44. The van der Waals surface area contributed by atoms with Crippen LogP contribution in [0.25, 0.3) is 0 Å². The highest BCUT2D eigenvalue weighted by molar-refractivity contribution is 5.73. The van der Waals surface area contributed by atoms with Gasteiger partial charge in [-0.2, -0.15) is 5.10 Å². The number of likely N-dealkylation sites (N-methyl/N-ethyl adjacent to an activating group) is 1. The van der Waals surface area contributed by atoms with Gasteiger partial charge in [-0.3, -0.25) is 14.4 Å². The molecule has 8 heteroatoms. The summed E-state index contributed by atoms with van der Waals surface area (Å²) in [6, 6.07) is 17.5. The second-order valence-corrected chi connectivity index (χ2v) is 14.3. The molecule has 46 heavy (non-hydrogen) atoms. The Balaban J connectivity index is 1.09. The molecule has 0 unspecified atom stereocenters. The molecule has 2 aromatic carbocycles. The Kier molecular flexibility index (Phi) is 10.1. The fourth-order valence-corrected chi connectivity index (χ4v) is 8.10. The number of benzene rings is 2. The summed E-state index contributed by atoms with van der Waals surface area (Å²) in [7, 11) is 1.96. The molecule has 248 valence electrons. The van der Waals surface area contributed by atoms with Gasteiger partial charge >= 0.3 is 5.97 Å². The molecule has 1 aromatic heterocycles. The van der Waals surface area contributed by atoms with Gasteiger partial charge in [-0.15, -0.1) is 0 Å². The van der Waals surface area contributed by atoms with Crippen molar-refractivity contribution in [1.82, 2.24) is 19.6 Å². The summed E-state index contributed by atoms with van der Waals surface area (Å²) in [6.45, 7) is 9.99. The maximum absolute atomic E-state index is 14.3. The lowest BCUT2D eigenvalue weighted by Gasteiger charge is -2.35. The van der Waals surface area contributed by atoms with Crippen molar-refractivity contribution in [2.24, 2.45) is 11.8 Å². The van der Waals surface area contributed by atoms with E-state index in [9.17, 15) is 14.3 Å². The number of rotatable bonds is 13. The number of nitrogens with zero attached hydrogens (tertiary/aromatic N) is 4. The largest absolute Gasteiger partial charge is 0.490 e. The molecule has 7 nitrogen and oxygen atoms in total. The Morgan fingerprint density at radius 3 is 2.43 bits per heavy atom. The third kappa shape index (κ3) is 7.66. The Hall–Kier alpha value is -3.23. The predicted molar refractivity (Wildman–Crippen MR) is 179 cm³/mol. The number of hydrogen-bond acceptors (Lipinski definition) is 5. The second kappa shape index (κ2) is 14.3. The Morgan fingerprint density at radius 1 is 1.07 bits per heavy atom. The van der Waals surface area contributed by atoms with Crippen LogP contribution in [0.1, 0.15) is 93.6 Å². The number of likely N-dealkylation sites (tertiary alicyclic amines) is 1. The van der Waals surface area contributed by atoms with Crippen LogP contribution in [0.5, 0.6) is 5.75 Å². The molecule has 0 radical (unpaired) electrons. The first kappa shape index (κ1) is 32.7. The average molecular weight is 631 g/mol. The molecule has 4 atom stereocenters. The number of halogens is 1. The first-order chi connectivity index (χ1) is 22.2. The van der Waals surface area contributed by atoms with Gasteiger partial charge in [-0.05, 0) is 125 Å². The number of aryl methyl sites for hydroxylation is 1. The maximum atomic E-state index is 14.3. The smallest absolute Gasteiger partial charge is 0.321 e. The molecule has 1 N–H and O–H groups in total. The van der Waals surface area contributed by atoms with Crippen molar-refractivity contribution < 1.29 is 19.0 Å². The monoisotopic (exact) mass is 630 g/mol. The molecule has 3 aliphatic rings. The number of hydrogen-bond donors (Lipinski definition) is 1. The van der Waals surface area contributed by atoms with Gasteiger partial charge in [0.25, 0.3) is 0 Å². The van der Waals surface area contributed by atoms with Crippen LogP contribution in [0, 0.1) is 17.7 Å². The van der Waals surface area contributed by atoms with Crippen molar-refractivity contribution in [1.29, 1.82) is 0 Å². The molecule has 2 saturated carbocycles. The van der Waals surface area contributed by atoms with Crippen LogP contribution in [-0.2, 0) is 17.8 Å². The van der Waals surface area contributed by atoms with Gasteiger partial charge in [-0.25, -0.2) is 4.39 Å². The van der Waals surface area contributed by atoms with E-state index in [1.807, 2.05) is 33.0 Å². The minimum atomic E-state index is -0.767. The third-order valence-electron chi connectivity index (χ3n) is 10.6. The molecule has 0 amide bonds. The molecular weight excluding hydrogens is 579 g/mol. The molecule has 3 aromatic rings. The van der Waals surface area contributed by atoms with Gasteiger partial charge in [0.2, 0.25) is 0 Å². The SMILES string of the molecule is CCn1nc(Cc2ccc(OC3CC3)cc2)cc1C1CCN(C[C@H]2C[C@H](N(C)[C@@H](C(=O)O)C(C)C)C[C@@H]2c2cccc(F)c2)CC1.